The van der Waals surface area contributed by atoms with Gasteiger partial charge in [-0.3, -0.25) is 9.36 Å². The van der Waals surface area contributed by atoms with Crippen LogP contribution in [0, 0.1) is 0 Å². The first-order valence-corrected chi connectivity index (χ1v) is 9.25. The summed E-state index contributed by atoms with van der Waals surface area (Å²) < 4.78 is 9.09. The molecule has 0 amide bonds. The van der Waals surface area contributed by atoms with Crippen molar-refractivity contribution in [3.63, 3.8) is 0 Å². The molecule has 0 N–H and O–H groups in total. The Morgan fingerprint density at radius 1 is 0.931 bits per heavy atom. The third-order valence-electron chi connectivity index (χ3n) is 5.13. The fourth-order valence-corrected chi connectivity index (χ4v) is 3.68. The SMILES string of the molecule is CN(C)c1nc(-c2ccc(-n3c(=O)ccc4c3c3ccccc3n4C)cc2)no1. The van der Waals surface area contributed by atoms with Crippen molar-refractivity contribution < 1.29 is 4.52 Å². The zero-order chi connectivity index (χ0) is 20.1. The van der Waals surface area contributed by atoms with E-state index < -0.39 is 0 Å². The van der Waals surface area contributed by atoms with Crippen molar-refractivity contribution in [2.45, 2.75) is 0 Å². The van der Waals surface area contributed by atoms with Crippen molar-refractivity contribution in [2.75, 3.05) is 19.0 Å². The lowest BCUT2D eigenvalue weighted by molar-refractivity contribution is 0.423. The van der Waals surface area contributed by atoms with Gasteiger partial charge in [0.15, 0.2) is 0 Å². The largest absolute Gasteiger partial charge is 0.342 e. The Bertz CT molecular complexity index is 1410. The van der Waals surface area contributed by atoms with Crippen molar-refractivity contribution in [1.82, 2.24) is 19.3 Å². The number of pyridine rings is 1. The first-order chi connectivity index (χ1) is 14.0. The first kappa shape index (κ1) is 17.2. The Labute approximate surface area is 166 Å². The van der Waals surface area contributed by atoms with E-state index in [9.17, 15) is 4.79 Å². The van der Waals surface area contributed by atoms with E-state index in [1.165, 1.54) is 0 Å². The van der Waals surface area contributed by atoms with Crippen molar-refractivity contribution >= 4 is 28.0 Å². The molecule has 7 nitrogen and oxygen atoms in total. The van der Waals surface area contributed by atoms with Gasteiger partial charge in [-0.25, -0.2) is 0 Å². The quantitative estimate of drug-likeness (QED) is 0.475. The van der Waals surface area contributed by atoms with Gasteiger partial charge in [-0.1, -0.05) is 23.4 Å². The van der Waals surface area contributed by atoms with Crippen molar-refractivity contribution in [3.8, 4) is 17.1 Å². The summed E-state index contributed by atoms with van der Waals surface area (Å²) in [4.78, 5) is 19.0. The van der Waals surface area contributed by atoms with Gasteiger partial charge in [-0.05, 0) is 36.4 Å². The maximum absolute atomic E-state index is 12.8. The maximum Gasteiger partial charge on any atom is 0.323 e. The van der Waals surface area contributed by atoms with E-state index in [4.69, 9.17) is 4.52 Å². The van der Waals surface area contributed by atoms with E-state index in [1.54, 1.807) is 15.5 Å². The number of nitrogens with zero attached hydrogens (tertiary/aromatic N) is 5. The van der Waals surface area contributed by atoms with Gasteiger partial charge in [-0.15, -0.1) is 0 Å². The summed E-state index contributed by atoms with van der Waals surface area (Å²) in [6.45, 7) is 0. The summed E-state index contributed by atoms with van der Waals surface area (Å²) in [7, 11) is 5.70. The molecule has 7 heteroatoms. The summed E-state index contributed by atoms with van der Waals surface area (Å²) in [5, 5.41) is 5.06. The molecule has 0 spiro atoms. The van der Waals surface area contributed by atoms with Crippen molar-refractivity contribution in [3.05, 3.63) is 71.0 Å². The molecule has 144 valence electrons. The highest BCUT2D eigenvalue weighted by molar-refractivity contribution is 6.06. The summed E-state index contributed by atoms with van der Waals surface area (Å²) in [6, 6.07) is 19.6. The lowest BCUT2D eigenvalue weighted by Gasteiger charge is -2.09. The smallest absolute Gasteiger partial charge is 0.323 e. The predicted molar refractivity (Wildman–Crippen MR) is 114 cm³/mol. The third-order valence-corrected chi connectivity index (χ3v) is 5.13. The molecule has 0 saturated heterocycles. The molecule has 0 aliphatic heterocycles. The van der Waals surface area contributed by atoms with Crippen LogP contribution in [0.1, 0.15) is 0 Å². The highest BCUT2D eigenvalue weighted by Crippen LogP contribution is 2.29. The molecule has 0 aliphatic rings. The summed E-state index contributed by atoms with van der Waals surface area (Å²) in [5.41, 5.74) is 4.53. The van der Waals surface area contributed by atoms with Crippen LogP contribution in [0.5, 0.6) is 0 Å². The molecular formula is C22H19N5O2. The van der Waals surface area contributed by atoms with E-state index in [2.05, 4.69) is 20.8 Å². The molecule has 2 aromatic carbocycles. The van der Waals surface area contributed by atoms with Crippen LogP contribution in [0.2, 0.25) is 0 Å². The Morgan fingerprint density at radius 2 is 1.69 bits per heavy atom. The molecule has 0 saturated carbocycles. The van der Waals surface area contributed by atoms with Gasteiger partial charge < -0.3 is 14.0 Å². The maximum atomic E-state index is 12.8. The second kappa shape index (κ2) is 6.34. The monoisotopic (exact) mass is 385 g/mol. The fraction of sp³-hybridized carbons (Fsp3) is 0.136. The average molecular weight is 385 g/mol. The zero-order valence-electron chi connectivity index (χ0n) is 16.3. The molecule has 0 bridgehead atoms. The van der Waals surface area contributed by atoms with Crippen LogP contribution in [0.4, 0.5) is 6.01 Å². The molecule has 0 aliphatic carbocycles. The molecule has 0 atom stereocenters. The minimum atomic E-state index is -0.0731. The zero-order valence-corrected chi connectivity index (χ0v) is 16.3. The van der Waals surface area contributed by atoms with Crippen LogP contribution in [0.25, 0.3) is 39.0 Å². The molecule has 0 unspecified atom stereocenters. The number of rotatable bonds is 3. The standard InChI is InChI=1S/C22H19N5O2/c1-25(2)22-23-21(24-29-22)14-8-10-15(11-9-14)27-19(28)13-12-18-20(27)16-6-4-5-7-17(16)26(18)3/h4-13H,1-3H3. The molecule has 5 rings (SSSR count). The molecule has 0 fully saturated rings. The third kappa shape index (κ3) is 2.62. The Kier molecular flexibility index (Phi) is 3.77. The Hall–Kier alpha value is -3.87. The van der Waals surface area contributed by atoms with E-state index >= 15 is 0 Å². The van der Waals surface area contributed by atoms with E-state index in [0.29, 0.717) is 11.8 Å². The van der Waals surface area contributed by atoms with Crippen LogP contribution in [-0.2, 0) is 7.05 Å². The van der Waals surface area contributed by atoms with Crippen LogP contribution >= 0.6 is 0 Å². The topological polar surface area (TPSA) is 69.1 Å². The number of para-hydroxylation sites is 1. The molecule has 0 radical (unpaired) electrons. The van der Waals surface area contributed by atoms with E-state index in [1.807, 2.05) is 69.7 Å². The Balaban J connectivity index is 1.69. The van der Waals surface area contributed by atoms with E-state index in [0.717, 1.165) is 33.2 Å². The average Bonchev–Trinajstić information content (AvgIpc) is 3.33. The van der Waals surface area contributed by atoms with Gasteiger partial charge in [0.05, 0.1) is 16.6 Å². The fourth-order valence-electron chi connectivity index (χ4n) is 3.68. The molecule has 29 heavy (non-hydrogen) atoms. The van der Waals surface area contributed by atoms with Gasteiger partial charge in [0, 0.05) is 43.8 Å². The lowest BCUT2D eigenvalue weighted by atomic mass is 10.1. The number of aromatic nitrogens is 4. The van der Waals surface area contributed by atoms with Crippen LogP contribution in [0.15, 0.2) is 70.0 Å². The van der Waals surface area contributed by atoms with Gasteiger partial charge in [0.25, 0.3) is 5.56 Å². The van der Waals surface area contributed by atoms with Crippen molar-refractivity contribution in [2.24, 2.45) is 7.05 Å². The molecule has 3 aromatic heterocycles. The van der Waals surface area contributed by atoms with Gasteiger partial charge >= 0.3 is 6.01 Å². The number of hydrogen-bond acceptors (Lipinski definition) is 5. The second-order valence-electron chi connectivity index (χ2n) is 7.16. The van der Waals surface area contributed by atoms with Crippen LogP contribution < -0.4 is 10.5 Å². The predicted octanol–water partition coefficient (Wildman–Crippen LogP) is 3.60. The summed E-state index contributed by atoms with van der Waals surface area (Å²) in [5.74, 6) is 0.510. The number of aryl methyl sites for hydroxylation is 1. The summed E-state index contributed by atoms with van der Waals surface area (Å²) >= 11 is 0. The van der Waals surface area contributed by atoms with Crippen molar-refractivity contribution in [1.29, 1.82) is 0 Å². The highest BCUT2D eigenvalue weighted by Gasteiger charge is 2.15. The minimum Gasteiger partial charge on any atom is -0.342 e. The first-order valence-electron chi connectivity index (χ1n) is 9.25. The summed E-state index contributed by atoms with van der Waals surface area (Å²) in [6.07, 6.45) is 0. The Morgan fingerprint density at radius 3 is 2.41 bits per heavy atom. The normalized spacial score (nSPS) is 11.4. The number of benzene rings is 2. The number of anilines is 1. The molecular weight excluding hydrogens is 366 g/mol. The molecule has 3 heterocycles. The van der Waals surface area contributed by atoms with Crippen LogP contribution in [-0.4, -0.2) is 33.4 Å². The van der Waals surface area contributed by atoms with Crippen LogP contribution in [0.3, 0.4) is 0 Å². The molecule has 5 aromatic rings. The lowest BCUT2D eigenvalue weighted by Crippen LogP contribution is -2.17. The van der Waals surface area contributed by atoms with Gasteiger partial charge in [0.2, 0.25) is 5.82 Å². The highest BCUT2D eigenvalue weighted by atomic mass is 16.5. The minimum absolute atomic E-state index is 0.0731. The van der Waals surface area contributed by atoms with Gasteiger partial charge in [-0.2, -0.15) is 4.98 Å². The number of fused-ring (bicyclic) bond motifs is 3. The number of hydrogen-bond donors (Lipinski definition) is 0. The van der Waals surface area contributed by atoms with Gasteiger partial charge in [0.1, 0.15) is 0 Å². The van der Waals surface area contributed by atoms with E-state index in [-0.39, 0.29) is 5.56 Å². The second-order valence-corrected chi connectivity index (χ2v) is 7.16.